The van der Waals surface area contributed by atoms with Gasteiger partial charge in [0.05, 0.1) is 40.0 Å². The fraction of sp³-hybridized carbons (Fsp3) is 0.360. The largest absolute Gasteiger partial charge is 0.458 e. The number of cyclic esters (lactones) is 1. The van der Waals surface area contributed by atoms with Crippen LogP contribution in [0.15, 0.2) is 21.8 Å². The number of thioether (sulfide) groups is 1. The lowest BCUT2D eigenvalue weighted by molar-refractivity contribution is -0.172. The van der Waals surface area contributed by atoms with E-state index < -0.39 is 30.1 Å². The smallest absolute Gasteiger partial charge is 0.343 e. The van der Waals surface area contributed by atoms with Crippen LogP contribution in [0.4, 0.5) is 0 Å². The van der Waals surface area contributed by atoms with Crippen LogP contribution in [0.2, 0.25) is 0 Å². The molecule has 1 amide bonds. The van der Waals surface area contributed by atoms with Gasteiger partial charge in [-0.25, -0.2) is 9.78 Å². The molecule has 1 aromatic carbocycles. The molecule has 11 nitrogen and oxygen atoms in total. The molecule has 4 aliphatic heterocycles. The molecule has 4 aliphatic rings. The summed E-state index contributed by atoms with van der Waals surface area (Å²) in [6.07, 6.45) is 0.0459. The predicted octanol–water partition coefficient (Wildman–Crippen LogP) is 1.06. The second-order valence-electron chi connectivity index (χ2n) is 9.38. The van der Waals surface area contributed by atoms with Crippen molar-refractivity contribution >= 4 is 34.5 Å². The van der Waals surface area contributed by atoms with Crippen LogP contribution in [-0.4, -0.2) is 50.8 Å². The quantitative estimate of drug-likeness (QED) is 0.333. The van der Waals surface area contributed by atoms with Crippen molar-refractivity contribution in [3.05, 3.63) is 44.7 Å². The highest BCUT2D eigenvalue weighted by Gasteiger charge is 2.46. The molecular weight excluding hydrogens is 502 g/mol. The number of nitrogens with zero attached hydrogens (tertiary/aromatic N) is 2. The minimum absolute atomic E-state index is 0.0459. The molecule has 0 bridgehead atoms. The molecule has 3 aromatic rings. The van der Waals surface area contributed by atoms with Gasteiger partial charge in [-0.2, -0.15) is 0 Å². The average molecular weight is 524 g/mol. The fourth-order valence-corrected chi connectivity index (χ4v) is 6.96. The van der Waals surface area contributed by atoms with E-state index in [1.54, 1.807) is 23.6 Å². The Hall–Kier alpha value is -3.61. The monoisotopic (exact) mass is 523 g/mol. The van der Waals surface area contributed by atoms with Crippen LogP contribution in [0.25, 0.3) is 22.3 Å². The number of ether oxygens (including phenoxy) is 3. The summed E-state index contributed by atoms with van der Waals surface area (Å²) in [5.74, 6) is 0.367. The Labute approximate surface area is 213 Å². The second kappa shape index (κ2) is 7.70. The van der Waals surface area contributed by atoms with Gasteiger partial charge in [-0.15, -0.1) is 11.8 Å². The van der Waals surface area contributed by atoms with E-state index in [0.717, 1.165) is 21.4 Å². The number of benzene rings is 1. The lowest BCUT2D eigenvalue weighted by Gasteiger charge is -2.31. The van der Waals surface area contributed by atoms with Crippen LogP contribution in [0.1, 0.15) is 41.6 Å². The van der Waals surface area contributed by atoms with Gasteiger partial charge in [-0.05, 0) is 18.1 Å². The minimum atomic E-state index is -1.93. The van der Waals surface area contributed by atoms with Crippen molar-refractivity contribution in [1.82, 2.24) is 14.9 Å². The van der Waals surface area contributed by atoms with Crippen molar-refractivity contribution < 1.29 is 34.0 Å². The number of hydrogen-bond donors (Lipinski definition) is 3. The Kier molecular flexibility index (Phi) is 4.70. The summed E-state index contributed by atoms with van der Waals surface area (Å²) >= 11 is 1.51. The number of amides is 1. The van der Waals surface area contributed by atoms with Gasteiger partial charge in [-0.1, -0.05) is 6.92 Å². The lowest BCUT2D eigenvalue weighted by Crippen LogP contribution is -2.44. The van der Waals surface area contributed by atoms with E-state index in [0.29, 0.717) is 34.2 Å². The van der Waals surface area contributed by atoms with Gasteiger partial charge >= 0.3 is 5.97 Å². The first-order valence-electron chi connectivity index (χ1n) is 11.8. The Balaban J connectivity index is 1.52. The third kappa shape index (κ3) is 2.91. The first kappa shape index (κ1) is 22.6. The predicted molar refractivity (Wildman–Crippen MR) is 129 cm³/mol. The van der Waals surface area contributed by atoms with E-state index >= 15 is 0 Å². The molecule has 0 fully saturated rings. The normalized spacial score (nSPS) is 22.4. The number of fused-ring (bicyclic) bond motifs is 7. The number of aliphatic hydroxyl groups excluding tert-OH is 1. The van der Waals surface area contributed by atoms with Gasteiger partial charge < -0.3 is 34.3 Å². The van der Waals surface area contributed by atoms with Crippen molar-refractivity contribution in [2.24, 2.45) is 0 Å². The molecule has 0 aliphatic carbocycles. The molecule has 0 spiro atoms. The van der Waals surface area contributed by atoms with Gasteiger partial charge in [-0.3, -0.25) is 9.59 Å². The van der Waals surface area contributed by atoms with Crippen LogP contribution in [0.3, 0.4) is 0 Å². The van der Waals surface area contributed by atoms with Crippen LogP contribution < -0.4 is 20.3 Å². The van der Waals surface area contributed by atoms with Crippen LogP contribution in [0.5, 0.6) is 11.5 Å². The molecule has 0 radical (unpaired) electrons. The maximum absolute atomic E-state index is 13.6. The van der Waals surface area contributed by atoms with E-state index in [2.05, 4.69) is 5.32 Å². The maximum Gasteiger partial charge on any atom is 0.343 e. The molecule has 7 rings (SSSR count). The van der Waals surface area contributed by atoms with E-state index in [-0.39, 0.29) is 43.1 Å². The summed E-state index contributed by atoms with van der Waals surface area (Å²) in [5, 5.41) is 24.2. The summed E-state index contributed by atoms with van der Waals surface area (Å²) < 4.78 is 18.1. The third-order valence-corrected chi connectivity index (χ3v) is 8.71. The topological polar surface area (TPSA) is 149 Å². The number of nitrogens with one attached hydrogen (secondary N) is 1. The fourth-order valence-electron chi connectivity index (χ4n) is 5.72. The summed E-state index contributed by atoms with van der Waals surface area (Å²) in [4.78, 5) is 44.1. The number of carbonyl (C=O) groups is 2. The van der Waals surface area contributed by atoms with Crippen molar-refractivity contribution in [2.45, 2.75) is 43.0 Å². The van der Waals surface area contributed by atoms with Crippen LogP contribution in [0, 0.1) is 0 Å². The van der Waals surface area contributed by atoms with Gasteiger partial charge in [0.25, 0.3) is 5.56 Å². The Morgan fingerprint density at radius 3 is 2.89 bits per heavy atom. The van der Waals surface area contributed by atoms with Crippen molar-refractivity contribution in [3.63, 3.8) is 0 Å². The molecule has 6 heterocycles. The molecule has 0 saturated carbocycles. The Bertz CT molecular complexity index is 1630. The lowest BCUT2D eigenvalue weighted by atomic mass is 9.86. The highest BCUT2D eigenvalue weighted by molar-refractivity contribution is 7.99. The first-order valence-corrected chi connectivity index (χ1v) is 12.8. The molecule has 0 unspecified atom stereocenters. The number of esters is 1. The minimum Gasteiger partial charge on any atom is -0.458 e. The maximum atomic E-state index is 13.6. The van der Waals surface area contributed by atoms with E-state index in [1.807, 2.05) is 0 Å². The van der Waals surface area contributed by atoms with Gasteiger partial charge in [0.2, 0.25) is 12.7 Å². The highest BCUT2D eigenvalue weighted by atomic mass is 32.2. The summed E-state index contributed by atoms with van der Waals surface area (Å²) in [6.45, 7) is 1.07. The van der Waals surface area contributed by atoms with E-state index in [9.17, 15) is 24.6 Å². The number of carbonyl (C=O) groups excluding carboxylic acids is 2. The Morgan fingerprint density at radius 1 is 1.27 bits per heavy atom. The van der Waals surface area contributed by atoms with Gasteiger partial charge in [0, 0.05) is 28.3 Å². The standard InChI is InChI=1S/C25H21N3O8S/c1-2-25(33)12-3-15-20-10(5-28(15)23(31)11(12)7-34-24(25)32)18-14(26-17(30)6-29)8-37-22-19(18)13(27-20)4-16-21(22)36-9-35-16/h3-4,14,29,33H,2,5-9H2,1H3,(H,26,30)/t14-,25+/m1/s1. The average Bonchev–Trinajstić information content (AvgIpc) is 3.52. The van der Waals surface area contributed by atoms with E-state index in [4.69, 9.17) is 19.2 Å². The zero-order valence-corrected chi connectivity index (χ0v) is 20.4. The molecule has 2 atom stereocenters. The number of hydrogen-bond acceptors (Lipinski definition) is 10. The van der Waals surface area contributed by atoms with E-state index in [1.165, 1.54) is 11.8 Å². The summed E-state index contributed by atoms with van der Waals surface area (Å²) in [6, 6.07) is 2.99. The summed E-state index contributed by atoms with van der Waals surface area (Å²) in [5.41, 5.74) is 1.34. The van der Waals surface area contributed by atoms with Gasteiger partial charge in [0.1, 0.15) is 13.2 Å². The molecular formula is C25H21N3O8S. The highest BCUT2D eigenvalue weighted by Crippen LogP contribution is 2.53. The third-order valence-electron chi connectivity index (χ3n) is 7.53. The van der Waals surface area contributed by atoms with Crippen molar-refractivity contribution in [2.75, 3.05) is 19.2 Å². The molecule has 0 saturated heterocycles. The van der Waals surface area contributed by atoms with Crippen LogP contribution >= 0.6 is 11.8 Å². The Morgan fingerprint density at radius 2 is 2.11 bits per heavy atom. The van der Waals surface area contributed by atoms with Crippen molar-refractivity contribution in [1.29, 1.82) is 0 Å². The number of aromatic nitrogens is 2. The number of aliphatic hydroxyl groups is 2. The number of pyridine rings is 2. The number of rotatable bonds is 3. The summed E-state index contributed by atoms with van der Waals surface area (Å²) in [7, 11) is 0. The second-order valence-corrected chi connectivity index (χ2v) is 10.4. The SMILES string of the molecule is CC[C@@]1(O)C(=O)OCc2c1cc1n(c2=O)Cc2c-1nc1cc3c(c4c1c2[C@H](NC(=O)CO)CS4)OCO3. The van der Waals surface area contributed by atoms with Crippen molar-refractivity contribution in [3.8, 4) is 22.9 Å². The first-order chi connectivity index (χ1) is 17.9. The molecule has 2 aromatic heterocycles. The molecule has 12 heteroatoms. The van der Waals surface area contributed by atoms with Gasteiger partial charge in [0.15, 0.2) is 17.1 Å². The molecule has 37 heavy (non-hydrogen) atoms. The zero-order chi connectivity index (χ0) is 25.6. The molecule has 190 valence electrons. The zero-order valence-electron chi connectivity index (χ0n) is 19.6. The molecule has 3 N–H and O–H groups in total. The van der Waals surface area contributed by atoms with Crippen LogP contribution in [-0.2, 0) is 33.1 Å².